The average molecular weight is 328 g/mol. The van der Waals surface area contributed by atoms with Gasteiger partial charge in [0.25, 0.3) is 0 Å². The molecule has 1 aliphatic heterocycles. The highest BCUT2D eigenvalue weighted by atomic mass is 19.3. The third kappa shape index (κ3) is 6.05. The van der Waals surface area contributed by atoms with Gasteiger partial charge in [-0.1, -0.05) is 26.0 Å². The van der Waals surface area contributed by atoms with E-state index in [9.17, 15) is 13.9 Å². The first kappa shape index (κ1) is 18.1. The molecule has 0 aliphatic carbocycles. The van der Waals surface area contributed by atoms with E-state index in [2.05, 4.69) is 28.8 Å². The second kappa shape index (κ2) is 8.57. The van der Waals surface area contributed by atoms with Crippen LogP contribution in [0.25, 0.3) is 0 Å². The van der Waals surface area contributed by atoms with Crippen molar-refractivity contribution in [1.82, 2.24) is 10.2 Å². The van der Waals surface area contributed by atoms with Gasteiger partial charge >= 0.3 is 6.61 Å². The number of nitrogens with zero attached hydrogens (tertiary/aromatic N) is 1. The Balaban J connectivity index is 1.79. The van der Waals surface area contributed by atoms with E-state index < -0.39 is 12.7 Å². The number of alkyl halides is 2. The summed E-state index contributed by atoms with van der Waals surface area (Å²) >= 11 is 0. The van der Waals surface area contributed by atoms with E-state index in [-0.39, 0.29) is 5.75 Å². The van der Waals surface area contributed by atoms with Gasteiger partial charge in [-0.2, -0.15) is 8.78 Å². The molecule has 0 spiro atoms. The molecule has 1 saturated heterocycles. The molecule has 0 radical (unpaired) electrons. The highest BCUT2D eigenvalue weighted by Gasteiger charge is 2.21. The summed E-state index contributed by atoms with van der Waals surface area (Å²) in [5.74, 6) is 0.108. The Bertz CT molecular complexity index is 460. The normalized spacial score (nSPS) is 18.6. The van der Waals surface area contributed by atoms with Crippen molar-refractivity contribution in [3.05, 3.63) is 29.8 Å². The number of rotatable bonds is 7. The lowest BCUT2D eigenvalue weighted by atomic mass is 10.0. The number of β-amino-alcohol motifs (C(OH)–C–C–N with tert-alkyl or cyclic N) is 1. The van der Waals surface area contributed by atoms with Crippen molar-refractivity contribution in [2.24, 2.45) is 0 Å². The van der Waals surface area contributed by atoms with Crippen LogP contribution in [0.2, 0.25) is 0 Å². The Morgan fingerprint density at radius 1 is 1.22 bits per heavy atom. The lowest BCUT2D eigenvalue weighted by Gasteiger charge is -2.34. The molecule has 23 heavy (non-hydrogen) atoms. The van der Waals surface area contributed by atoms with Crippen LogP contribution in [-0.4, -0.2) is 48.3 Å². The van der Waals surface area contributed by atoms with E-state index in [0.717, 1.165) is 25.9 Å². The largest absolute Gasteiger partial charge is 0.435 e. The molecule has 0 bridgehead atoms. The van der Waals surface area contributed by atoms with Gasteiger partial charge in [-0.15, -0.1) is 0 Å². The van der Waals surface area contributed by atoms with Crippen molar-refractivity contribution in [1.29, 1.82) is 0 Å². The summed E-state index contributed by atoms with van der Waals surface area (Å²) < 4.78 is 28.5. The molecule has 2 rings (SSSR count). The minimum Gasteiger partial charge on any atom is -0.435 e. The van der Waals surface area contributed by atoms with Crippen LogP contribution in [0.3, 0.4) is 0 Å². The van der Waals surface area contributed by atoms with Gasteiger partial charge < -0.3 is 20.1 Å². The summed E-state index contributed by atoms with van der Waals surface area (Å²) in [6.07, 6.45) is 1.53. The van der Waals surface area contributed by atoms with Gasteiger partial charge in [0.05, 0.1) is 6.10 Å². The second-order valence-electron chi connectivity index (χ2n) is 6.36. The van der Waals surface area contributed by atoms with Gasteiger partial charge in [-0.25, -0.2) is 0 Å². The van der Waals surface area contributed by atoms with Crippen LogP contribution < -0.4 is 10.1 Å². The monoisotopic (exact) mass is 328 g/mol. The average Bonchev–Trinajstić information content (AvgIpc) is 2.49. The molecule has 1 atom stereocenters. The van der Waals surface area contributed by atoms with Gasteiger partial charge in [0.1, 0.15) is 5.75 Å². The molecule has 1 aliphatic rings. The molecule has 1 aromatic rings. The van der Waals surface area contributed by atoms with Crippen molar-refractivity contribution >= 4 is 0 Å². The minimum absolute atomic E-state index is 0.108. The SMILES string of the molecule is CC(C)NC1CCN(CC(O)c2ccc(OC(F)F)cc2)CC1. The van der Waals surface area contributed by atoms with Crippen LogP contribution in [0.15, 0.2) is 24.3 Å². The van der Waals surface area contributed by atoms with Gasteiger partial charge in [0, 0.05) is 18.6 Å². The number of benzene rings is 1. The molecule has 1 fully saturated rings. The van der Waals surface area contributed by atoms with Crippen LogP contribution >= 0.6 is 0 Å². The molecule has 0 saturated carbocycles. The van der Waals surface area contributed by atoms with Gasteiger partial charge in [-0.3, -0.25) is 0 Å². The highest BCUT2D eigenvalue weighted by Crippen LogP contribution is 2.21. The Morgan fingerprint density at radius 3 is 2.35 bits per heavy atom. The Morgan fingerprint density at radius 2 is 1.83 bits per heavy atom. The molecule has 6 heteroatoms. The zero-order valence-electron chi connectivity index (χ0n) is 13.7. The maximum absolute atomic E-state index is 12.1. The molecule has 2 N–H and O–H groups in total. The predicted octanol–water partition coefficient (Wildman–Crippen LogP) is 2.78. The maximum atomic E-state index is 12.1. The summed E-state index contributed by atoms with van der Waals surface area (Å²) in [6.45, 7) is 3.94. The van der Waals surface area contributed by atoms with E-state index in [1.807, 2.05) is 0 Å². The topological polar surface area (TPSA) is 44.7 Å². The van der Waals surface area contributed by atoms with Gasteiger partial charge in [0.2, 0.25) is 0 Å². The predicted molar refractivity (Wildman–Crippen MR) is 85.8 cm³/mol. The van der Waals surface area contributed by atoms with E-state index in [1.54, 1.807) is 12.1 Å². The molecule has 0 amide bonds. The Labute approximate surface area is 136 Å². The van der Waals surface area contributed by atoms with Crippen molar-refractivity contribution < 1.29 is 18.6 Å². The zero-order chi connectivity index (χ0) is 16.8. The molecule has 1 unspecified atom stereocenters. The quantitative estimate of drug-likeness (QED) is 0.808. The molecular weight excluding hydrogens is 302 g/mol. The summed E-state index contributed by atoms with van der Waals surface area (Å²) in [7, 11) is 0. The fraction of sp³-hybridized carbons (Fsp3) is 0.647. The fourth-order valence-corrected chi connectivity index (χ4v) is 2.98. The van der Waals surface area contributed by atoms with E-state index in [1.165, 1.54) is 12.1 Å². The first-order chi connectivity index (χ1) is 10.9. The lowest BCUT2D eigenvalue weighted by molar-refractivity contribution is -0.0498. The number of hydrogen-bond donors (Lipinski definition) is 2. The van der Waals surface area contributed by atoms with Crippen molar-refractivity contribution in [2.75, 3.05) is 19.6 Å². The number of nitrogens with one attached hydrogen (secondary N) is 1. The number of piperidine rings is 1. The Kier molecular flexibility index (Phi) is 6.74. The third-order valence-electron chi connectivity index (χ3n) is 4.08. The fourth-order valence-electron chi connectivity index (χ4n) is 2.98. The summed E-state index contributed by atoms with van der Waals surface area (Å²) in [5, 5.41) is 13.9. The first-order valence-electron chi connectivity index (χ1n) is 8.15. The number of likely N-dealkylation sites (tertiary alicyclic amines) is 1. The number of ether oxygens (including phenoxy) is 1. The minimum atomic E-state index is -2.83. The summed E-state index contributed by atoms with van der Waals surface area (Å²) in [5.41, 5.74) is 0.717. The molecule has 1 aromatic carbocycles. The first-order valence-corrected chi connectivity index (χ1v) is 8.15. The van der Waals surface area contributed by atoms with Crippen molar-refractivity contribution in [2.45, 2.75) is 51.5 Å². The number of aliphatic hydroxyl groups excluding tert-OH is 1. The van der Waals surface area contributed by atoms with Crippen molar-refractivity contribution in [3.63, 3.8) is 0 Å². The Hall–Kier alpha value is -1.24. The summed E-state index contributed by atoms with van der Waals surface area (Å²) in [6, 6.07) is 7.23. The van der Waals surface area contributed by atoms with Gasteiger partial charge in [0.15, 0.2) is 0 Å². The zero-order valence-corrected chi connectivity index (χ0v) is 13.7. The van der Waals surface area contributed by atoms with Crippen molar-refractivity contribution in [3.8, 4) is 5.75 Å². The molecule has 1 heterocycles. The number of aliphatic hydroxyl groups is 1. The van der Waals surface area contributed by atoms with Crippen LogP contribution in [0.5, 0.6) is 5.75 Å². The summed E-state index contributed by atoms with van der Waals surface area (Å²) in [4.78, 5) is 2.24. The third-order valence-corrected chi connectivity index (χ3v) is 4.08. The van der Waals surface area contributed by atoms with Crippen LogP contribution in [-0.2, 0) is 0 Å². The lowest BCUT2D eigenvalue weighted by Crippen LogP contribution is -2.45. The smallest absolute Gasteiger partial charge is 0.387 e. The van der Waals surface area contributed by atoms with Crippen LogP contribution in [0, 0.1) is 0 Å². The molecular formula is C17H26F2N2O2. The van der Waals surface area contributed by atoms with E-state index >= 15 is 0 Å². The molecule has 0 aromatic heterocycles. The van der Waals surface area contributed by atoms with Crippen LogP contribution in [0.1, 0.15) is 38.4 Å². The van der Waals surface area contributed by atoms with Gasteiger partial charge in [-0.05, 0) is 43.6 Å². The number of hydrogen-bond acceptors (Lipinski definition) is 4. The second-order valence-corrected chi connectivity index (χ2v) is 6.36. The van der Waals surface area contributed by atoms with E-state index in [0.29, 0.717) is 24.2 Å². The maximum Gasteiger partial charge on any atom is 0.387 e. The van der Waals surface area contributed by atoms with E-state index in [4.69, 9.17) is 0 Å². The highest BCUT2D eigenvalue weighted by molar-refractivity contribution is 5.28. The molecule has 130 valence electrons. The molecule has 4 nitrogen and oxygen atoms in total. The number of halogens is 2. The standard InChI is InChI=1S/C17H26F2N2O2/c1-12(2)20-14-7-9-21(10-8-14)11-16(22)13-3-5-15(6-4-13)23-17(18)19/h3-6,12,14,16-17,20,22H,7-11H2,1-2H3. The van der Waals surface area contributed by atoms with Crippen LogP contribution in [0.4, 0.5) is 8.78 Å².